The van der Waals surface area contributed by atoms with Crippen LogP contribution in [0.25, 0.3) is 0 Å². The van der Waals surface area contributed by atoms with Crippen molar-refractivity contribution in [3.63, 3.8) is 0 Å². The van der Waals surface area contributed by atoms with Crippen molar-refractivity contribution in [1.29, 1.82) is 0 Å². The summed E-state index contributed by atoms with van der Waals surface area (Å²) in [6.07, 6.45) is 16.8. The molecule has 0 aliphatic carbocycles. The zero-order valence-electron chi connectivity index (χ0n) is 37.9. The van der Waals surface area contributed by atoms with Gasteiger partial charge in [0.25, 0.3) is 0 Å². The Balaban J connectivity index is 2.49. The lowest BCUT2D eigenvalue weighted by molar-refractivity contribution is 0.0772. The Kier molecular flexibility index (Phi) is 19.1. The van der Waals surface area contributed by atoms with Crippen LogP contribution in [0.5, 0.6) is 11.5 Å². The van der Waals surface area contributed by atoms with E-state index in [-0.39, 0.29) is 34.3 Å². The second-order valence-electron chi connectivity index (χ2n) is 20.3. The molecule has 0 radical (unpaired) electrons. The SMILES string of the molecule is CCCCCCCCCCCCCCC[C@@H](O)[C@H](CO)NC(c1cc(C(C)(C)C)c(OC)c(C(C)(C)C)c1)c1cc(C(C)(C)C)c(OC)c(C(C)(C)C)c1. The second-order valence-corrected chi connectivity index (χ2v) is 20.3. The van der Waals surface area contributed by atoms with Gasteiger partial charge >= 0.3 is 0 Å². The standard InChI is InChI=1S/C49H85NO4/c1-16-17-18-19-20-21-22-23-24-25-26-27-28-29-42(52)41(34-51)50-43(35-30-37(46(2,3)4)44(53-14)38(31-35)47(5,6)7)36-32-39(48(8,9)10)45(54-15)40(33-36)49(11,12)13/h30-33,41-43,50-52H,16-29,34H2,1-15H3/t41-,42+/m0/s1. The third-order valence-electron chi connectivity index (χ3n) is 11.2. The molecule has 5 nitrogen and oxygen atoms in total. The topological polar surface area (TPSA) is 71.0 Å². The zero-order chi connectivity index (χ0) is 40.9. The minimum atomic E-state index is -0.671. The molecule has 0 aliphatic rings. The van der Waals surface area contributed by atoms with E-state index in [9.17, 15) is 10.2 Å². The highest BCUT2D eigenvalue weighted by Gasteiger charge is 2.34. The van der Waals surface area contributed by atoms with Crippen LogP contribution in [-0.2, 0) is 21.7 Å². The quantitative estimate of drug-likeness (QED) is 0.105. The van der Waals surface area contributed by atoms with Gasteiger partial charge in [-0.1, -0.05) is 173 Å². The largest absolute Gasteiger partial charge is 0.496 e. The van der Waals surface area contributed by atoms with Gasteiger partial charge < -0.3 is 19.7 Å². The maximum absolute atomic E-state index is 11.7. The van der Waals surface area contributed by atoms with E-state index in [0.717, 1.165) is 57.7 Å². The van der Waals surface area contributed by atoms with Crippen molar-refractivity contribution < 1.29 is 19.7 Å². The van der Waals surface area contributed by atoms with Gasteiger partial charge in [-0.25, -0.2) is 0 Å². The molecule has 2 rings (SSSR count). The summed E-state index contributed by atoms with van der Waals surface area (Å²) in [7, 11) is 3.55. The Morgan fingerprint density at radius 3 is 1.07 bits per heavy atom. The number of unbranched alkanes of at least 4 members (excludes halogenated alkanes) is 12. The number of hydrogen-bond acceptors (Lipinski definition) is 5. The summed E-state index contributed by atoms with van der Waals surface area (Å²) in [6.45, 7) is 29.0. The Bertz CT molecular complexity index is 1230. The van der Waals surface area contributed by atoms with Crippen molar-refractivity contribution in [3.05, 3.63) is 57.6 Å². The first-order valence-corrected chi connectivity index (χ1v) is 21.6. The van der Waals surface area contributed by atoms with Crippen LogP contribution in [0.1, 0.15) is 219 Å². The van der Waals surface area contributed by atoms with E-state index < -0.39 is 12.1 Å². The van der Waals surface area contributed by atoms with Gasteiger partial charge in [0.15, 0.2) is 0 Å². The van der Waals surface area contributed by atoms with Gasteiger partial charge in [-0.2, -0.15) is 0 Å². The lowest BCUT2D eigenvalue weighted by Crippen LogP contribution is -2.45. The molecule has 0 aliphatic heterocycles. The van der Waals surface area contributed by atoms with Crippen LogP contribution in [0.4, 0.5) is 0 Å². The van der Waals surface area contributed by atoms with Crippen molar-refractivity contribution >= 4 is 0 Å². The van der Waals surface area contributed by atoms with Crippen LogP contribution in [0.2, 0.25) is 0 Å². The summed E-state index contributed by atoms with van der Waals surface area (Å²) in [5.41, 5.74) is 6.07. The molecule has 2 atom stereocenters. The van der Waals surface area contributed by atoms with E-state index in [0.29, 0.717) is 6.42 Å². The van der Waals surface area contributed by atoms with E-state index in [2.05, 4.69) is 120 Å². The van der Waals surface area contributed by atoms with E-state index in [4.69, 9.17) is 9.47 Å². The minimum Gasteiger partial charge on any atom is -0.496 e. The predicted octanol–water partition coefficient (Wildman–Crippen LogP) is 12.8. The van der Waals surface area contributed by atoms with Crippen molar-refractivity contribution in [2.24, 2.45) is 0 Å². The minimum absolute atomic E-state index is 0.154. The molecule has 54 heavy (non-hydrogen) atoms. The van der Waals surface area contributed by atoms with Crippen LogP contribution in [-0.4, -0.2) is 43.2 Å². The first kappa shape index (κ1) is 48.1. The van der Waals surface area contributed by atoms with Crippen molar-refractivity contribution in [3.8, 4) is 11.5 Å². The Morgan fingerprint density at radius 1 is 0.519 bits per heavy atom. The molecular weight excluding hydrogens is 667 g/mol. The number of aliphatic hydroxyl groups excluding tert-OH is 2. The average Bonchev–Trinajstić information content (AvgIpc) is 3.08. The van der Waals surface area contributed by atoms with E-state index >= 15 is 0 Å². The maximum atomic E-state index is 11.7. The Hall–Kier alpha value is -2.08. The highest BCUT2D eigenvalue weighted by Crippen LogP contribution is 2.45. The van der Waals surface area contributed by atoms with Crippen LogP contribution in [0.3, 0.4) is 0 Å². The fourth-order valence-corrected chi connectivity index (χ4v) is 7.76. The molecule has 5 heteroatoms. The number of benzene rings is 2. The molecule has 0 amide bonds. The fraction of sp³-hybridized carbons (Fsp3) is 0.755. The van der Waals surface area contributed by atoms with Gasteiger partial charge in [0, 0.05) is 22.3 Å². The summed E-state index contributed by atoms with van der Waals surface area (Å²) in [6, 6.07) is 8.36. The second kappa shape index (κ2) is 21.4. The molecule has 0 fully saturated rings. The maximum Gasteiger partial charge on any atom is 0.126 e. The predicted molar refractivity (Wildman–Crippen MR) is 233 cm³/mol. The summed E-state index contributed by atoms with van der Waals surface area (Å²) in [5.74, 6) is 1.86. The molecule has 2 aromatic carbocycles. The molecule has 0 aromatic heterocycles. The molecule has 310 valence electrons. The molecule has 0 unspecified atom stereocenters. The van der Waals surface area contributed by atoms with Crippen LogP contribution >= 0.6 is 0 Å². The third kappa shape index (κ3) is 14.5. The molecule has 2 aromatic rings. The molecule has 0 saturated heterocycles. The monoisotopic (exact) mass is 752 g/mol. The number of nitrogens with one attached hydrogen (secondary N) is 1. The summed E-state index contributed by atoms with van der Waals surface area (Å²) >= 11 is 0. The van der Waals surface area contributed by atoms with E-state index in [1.165, 1.54) is 70.6 Å². The molecule has 0 spiro atoms. The number of rotatable bonds is 22. The number of methoxy groups -OCH3 is 2. The Labute approximate surface area is 333 Å². The lowest BCUT2D eigenvalue weighted by atomic mass is 9.75. The van der Waals surface area contributed by atoms with Gasteiger partial charge in [0.1, 0.15) is 11.5 Å². The molecule has 3 N–H and O–H groups in total. The lowest BCUT2D eigenvalue weighted by Gasteiger charge is -2.35. The highest BCUT2D eigenvalue weighted by molar-refractivity contribution is 5.56. The molecular formula is C49H85NO4. The van der Waals surface area contributed by atoms with Crippen LogP contribution in [0, 0.1) is 0 Å². The zero-order valence-corrected chi connectivity index (χ0v) is 37.9. The number of aliphatic hydroxyl groups is 2. The van der Waals surface area contributed by atoms with E-state index in [1.807, 2.05) is 0 Å². The normalized spacial score (nSPS) is 14.1. The molecule has 0 bridgehead atoms. The molecule has 0 saturated carbocycles. The highest BCUT2D eigenvalue weighted by atomic mass is 16.5. The van der Waals surface area contributed by atoms with E-state index in [1.54, 1.807) is 14.2 Å². The third-order valence-corrected chi connectivity index (χ3v) is 11.2. The molecule has 0 heterocycles. The van der Waals surface area contributed by atoms with Crippen LogP contribution < -0.4 is 14.8 Å². The van der Waals surface area contributed by atoms with Gasteiger partial charge in [-0.05, 0) is 63.5 Å². The summed E-state index contributed by atoms with van der Waals surface area (Å²) in [4.78, 5) is 0. The average molecular weight is 752 g/mol. The van der Waals surface area contributed by atoms with Gasteiger partial charge in [-0.15, -0.1) is 0 Å². The van der Waals surface area contributed by atoms with Gasteiger partial charge in [-0.3, -0.25) is 5.32 Å². The smallest absolute Gasteiger partial charge is 0.126 e. The van der Waals surface area contributed by atoms with Crippen molar-refractivity contribution in [2.45, 2.75) is 220 Å². The first-order chi connectivity index (χ1) is 25.1. The van der Waals surface area contributed by atoms with Gasteiger partial charge in [0.2, 0.25) is 0 Å². The van der Waals surface area contributed by atoms with Crippen molar-refractivity contribution in [2.75, 3.05) is 20.8 Å². The number of ether oxygens (including phenoxy) is 2. The number of hydrogen-bond donors (Lipinski definition) is 3. The summed E-state index contributed by atoms with van der Waals surface area (Å²) in [5, 5.41) is 26.4. The van der Waals surface area contributed by atoms with Gasteiger partial charge in [0.05, 0.1) is 39.0 Å². The first-order valence-electron chi connectivity index (χ1n) is 21.6. The Morgan fingerprint density at radius 2 is 0.815 bits per heavy atom. The van der Waals surface area contributed by atoms with Crippen LogP contribution in [0.15, 0.2) is 24.3 Å². The van der Waals surface area contributed by atoms with Crippen molar-refractivity contribution in [1.82, 2.24) is 5.32 Å². The fourth-order valence-electron chi connectivity index (χ4n) is 7.76. The summed E-state index contributed by atoms with van der Waals surface area (Å²) < 4.78 is 12.3.